The highest BCUT2D eigenvalue weighted by Gasteiger charge is 2.13. The van der Waals surface area contributed by atoms with Crippen LogP contribution in [0.2, 0.25) is 0 Å². The Morgan fingerprint density at radius 2 is 1.85 bits per heavy atom. The van der Waals surface area contributed by atoms with E-state index >= 15 is 0 Å². The van der Waals surface area contributed by atoms with E-state index in [0.717, 1.165) is 35.0 Å². The summed E-state index contributed by atoms with van der Waals surface area (Å²) in [5, 5.41) is 0. The van der Waals surface area contributed by atoms with Crippen molar-refractivity contribution in [3.05, 3.63) is 52.5 Å². The fourth-order valence-corrected chi connectivity index (χ4v) is 2.66. The molecular weight excluding hydrogens is 270 g/mol. The third kappa shape index (κ3) is 3.28. The van der Waals surface area contributed by atoms with Gasteiger partial charge in [0.15, 0.2) is 0 Å². The van der Waals surface area contributed by atoms with Gasteiger partial charge in [0.2, 0.25) is 0 Å². The van der Waals surface area contributed by atoms with E-state index in [1.165, 1.54) is 5.56 Å². The van der Waals surface area contributed by atoms with Gasteiger partial charge in [-0.1, -0.05) is 6.07 Å². The van der Waals surface area contributed by atoms with Crippen LogP contribution in [0, 0.1) is 20.8 Å². The van der Waals surface area contributed by atoms with E-state index in [1.54, 1.807) is 0 Å². The zero-order valence-electron chi connectivity index (χ0n) is 12.4. The number of pyridine rings is 2. The molecule has 0 aliphatic carbocycles. The molecule has 0 aliphatic heterocycles. The largest absolute Gasteiger partial charge is 0.353 e. The quantitative estimate of drug-likeness (QED) is 0.802. The Hall–Kier alpha value is -1.61. The lowest BCUT2D eigenvalue weighted by Crippen LogP contribution is -2.21. The number of alkyl halides is 1. The minimum Gasteiger partial charge on any atom is -0.353 e. The molecule has 3 nitrogen and oxygen atoms in total. The number of nitrogens with zero attached hydrogens (tertiary/aromatic N) is 3. The molecular formula is C16H20ClN3. The van der Waals surface area contributed by atoms with Crippen LogP contribution in [0.5, 0.6) is 0 Å². The van der Waals surface area contributed by atoms with Crippen molar-refractivity contribution in [2.24, 2.45) is 0 Å². The van der Waals surface area contributed by atoms with Crippen LogP contribution in [0.25, 0.3) is 0 Å². The molecule has 0 atom stereocenters. The lowest BCUT2D eigenvalue weighted by molar-refractivity contribution is 0.846. The second-order valence-electron chi connectivity index (χ2n) is 5.14. The summed E-state index contributed by atoms with van der Waals surface area (Å²) in [5.74, 6) is 1.42. The minimum absolute atomic E-state index is 0.472. The van der Waals surface area contributed by atoms with Gasteiger partial charge in [-0.25, -0.2) is 4.98 Å². The Labute approximate surface area is 125 Å². The monoisotopic (exact) mass is 289 g/mol. The van der Waals surface area contributed by atoms with Gasteiger partial charge in [0.05, 0.1) is 18.1 Å². The van der Waals surface area contributed by atoms with Crippen molar-refractivity contribution in [2.75, 3.05) is 11.9 Å². The van der Waals surface area contributed by atoms with Crippen LogP contribution in [0.3, 0.4) is 0 Å². The van der Waals surface area contributed by atoms with Crippen molar-refractivity contribution in [1.82, 2.24) is 9.97 Å². The molecule has 2 aromatic heterocycles. The Morgan fingerprint density at radius 3 is 2.50 bits per heavy atom. The maximum Gasteiger partial charge on any atom is 0.133 e. The Kier molecular flexibility index (Phi) is 4.61. The van der Waals surface area contributed by atoms with Gasteiger partial charge in [0.25, 0.3) is 0 Å². The first-order chi connectivity index (χ1) is 9.51. The van der Waals surface area contributed by atoms with Gasteiger partial charge in [-0.15, -0.1) is 11.6 Å². The van der Waals surface area contributed by atoms with Crippen LogP contribution in [-0.2, 0) is 12.4 Å². The van der Waals surface area contributed by atoms with Gasteiger partial charge in [0, 0.05) is 24.0 Å². The molecule has 0 amide bonds. The first kappa shape index (κ1) is 14.8. The lowest BCUT2D eigenvalue weighted by Gasteiger charge is -2.22. The summed E-state index contributed by atoms with van der Waals surface area (Å²) in [7, 11) is 2.03. The zero-order valence-corrected chi connectivity index (χ0v) is 13.2. The van der Waals surface area contributed by atoms with E-state index in [4.69, 9.17) is 11.6 Å². The summed E-state index contributed by atoms with van der Waals surface area (Å²) in [6.07, 6.45) is 0. The van der Waals surface area contributed by atoms with Crippen molar-refractivity contribution in [2.45, 2.75) is 33.2 Å². The molecule has 0 fully saturated rings. The van der Waals surface area contributed by atoms with Crippen molar-refractivity contribution in [3.63, 3.8) is 0 Å². The molecule has 2 heterocycles. The summed E-state index contributed by atoms with van der Waals surface area (Å²) in [4.78, 5) is 11.3. The average Bonchev–Trinajstić information content (AvgIpc) is 2.37. The van der Waals surface area contributed by atoms with E-state index in [0.29, 0.717) is 5.88 Å². The van der Waals surface area contributed by atoms with Crippen LogP contribution in [-0.4, -0.2) is 17.0 Å². The van der Waals surface area contributed by atoms with Crippen LogP contribution in [0.4, 0.5) is 5.82 Å². The third-order valence-electron chi connectivity index (χ3n) is 3.29. The summed E-state index contributed by atoms with van der Waals surface area (Å²) in [5.41, 5.74) is 5.35. The third-order valence-corrected chi connectivity index (χ3v) is 3.56. The maximum atomic E-state index is 6.08. The van der Waals surface area contributed by atoms with E-state index in [1.807, 2.05) is 39.1 Å². The molecule has 0 aromatic carbocycles. The summed E-state index contributed by atoms with van der Waals surface area (Å²) in [6.45, 7) is 6.81. The number of anilines is 1. The highest BCUT2D eigenvalue weighted by atomic mass is 35.5. The standard InChI is InChI=1S/C16H20ClN3/c1-11-8-13(3)19-16(15(11)9-17)20(4)10-14-7-5-6-12(2)18-14/h5-8H,9-10H2,1-4H3. The number of hydrogen-bond donors (Lipinski definition) is 0. The molecule has 0 radical (unpaired) electrons. The maximum absolute atomic E-state index is 6.08. The number of aryl methyl sites for hydroxylation is 3. The second kappa shape index (κ2) is 6.23. The lowest BCUT2D eigenvalue weighted by atomic mass is 10.1. The fourth-order valence-electron chi connectivity index (χ4n) is 2.33. The van der Waals surface area contributed by atoms with Gasteiger partial charge in [-0.05, 0) is 44.5 Å². The van der Waals surface area contributed by atoms with Crippen molar-refractivity contribution >= 4 is 17.4 Å². The first-order valence-electron chi connectivity index (χ1n) is 6.68. The molecule has 0 spiro atoms. The van der Waals surface area contributed by atoms with Gasteiger partial charge < -0.3 is 4.90 Å². The molecule has 0 saturated carbocycles. The second-order valence-corrected chi connectivity index (χ2v) is 5.41. The average molecular weight is 290 g/mol. The van der Waals surface area contributed by atoms with Crippen LogP contribution in [0.15, 0.2) is 24.3 Å². The van der Waals surface area contributed by atoms with Crippen LogP contribution >= 0.6 is 11.6 Å². The molecule has 0 N–H and O–H groups in total. The van der Waals surface area contributed by atoms with Gasteiger partial charge >= 0.3 is 0 Å². The molecule has 2 aromatic rings. The Morgan fingerprint density at radius 1 is 1.10 bits per heavy atom. The minimum atomic E-state index is 0.472. The van der Waals surface area contributed by atoms with Crippen molar-refractivity contribution < 1.29 is 0 Å². The van der Waals surface area contributed by atoms with Gasteiger partial charge in [0.1, 0.15) is 5.82 Å². The molecule has 4 heteroatoms. The van der Waals surface area contributed by atoms with E-state index in [9.17, 15) is 0 Å². The number of hydrogen-bond acceptors (Lipinski definition) is 3. The summed E-state index contributed by atoms with van der Waals surface area (Å²) in [6, 6.07) is 8.14. The predicted molar refractivity (Wildman–Crippen MR) is 84.3 cm³/mol. The Bertz CT molecular complexity index is 611. The molecule has 106 valence electrons. The van der Waals surface area contributed by atoms with E-state index < -0.39 is 0 Å². The summed E-state index contributed by atoms with van der Waals surface area (Å²) >= 11 is 6.08. The number of halogens is 1. The molecule has 0 bridgehead atoms. The molecule has 0 aliphatic rings. The number of aromatic nitrogens is 2. The SMILES string of the molecule is Cc1cccc(CN(C)c2nc(C)cc(C)c2CCl)n1. The highest BCUT2D eigenvalue weighted by molar-refractivity contribution is 6.17. The van der Waals surface area contributed by atoms with Gasteiger partial charge in [-0.3, -0.25) is 4.98 Å². The normalized spacial score (nSPS) is 10.7. The fraction of sp³-hybridized carbons (Fsp3) is 0.375. The van der Waals surface area contributed by atoms with Crippen LogP contribution in [0.1, 0.15) is 28.2 Å². The molecule has 0 saturated heterocycles. The summed E-state index contributed by atoms with van der Waals surface area (Å²) < 4.78 is 0. The van der Waals surface area contributed by atoms with Crippen molar-refractivity contribution in [1.29, 1.82) is 0 Å². The number of rotatable bonds is 4. The predicted octanol–water partition coefficient (Wildman–Crippen LogP) is 3.78. The van der Waals surface area contributed by atoms with Gasteiger partial charge in [-0.2, -0.15) is 0 Å². The highest BCUT2D eigenvalue weighted by Crippen LogP contribution is 2.24. The Balaban J connectivity index is 2.31. The molecule has 20 heavy (non-hydrogen) atoms. The zero-order chi connectivity index (χ0) is 14.7. The van der Waals surface area contributed by atoms with E-state index in [-0.39, 0.29) is 0 Å². The van der Waals surface area contributed by atoms with Crippen molar-refractivity contribution in [3.8, 4) is 0 Å². The van der Waals surface area contributed by atoms with E-state index in [2.05, 4.69) is 27.9 Å². The molecule has 2 rings (SSSR count). The van der Waals surface area contributed by atoms with Crippen LogP contribution < -0.4 is 4.90 Å². The molecule has 0 unspecified atom stereocenters. The first-order valence-corrected chi connectivity index (χ1v) is 7.21. The topological polar surface area (TPSA) is 29.0 Å². The smallest absolute Gasteiger partial charge is 0.133 e.